The van der Waals surface area contributed by atoms with E-state index in [1.54, 1.807) is 0 Å². The normalized spacial score (nSPS) is 28.7. The van der Waals surface area contributed by atoms with E-state index in [0.29, 0.717) is 12.8 Å². The van der Waals surface area contributed by atoms with E-state index >= 15 is 0 Å². The number of aliphatic hydroxyl groups is 1. The first-order valence-electron chi connectivity index (χ1n) is 4.24. The molecule has 1 saturated heterocycles. The lowest BCUT2D eigenvalue weighted by Gasteiger charge is -2.35. The van der Waals surface area contributed by atoms with Crippen LogP contribution in [0.15, 0.2) is 0 Å². The van der Waals surface area contributed by atoms with Gasteiger partial charge in [-0.2, -0.15) is 0 Å². The zero-order valence-corrected chi connectivity index (χ0v) is 7.90. The van der Waals surface area contributed by atoms with Gasteiger partial charge in [-0.1, -0.05) is 0 Å². The van der Waals surface area contributed by atoms with Crippen LogP contribution in [0.2, 0.25) is 0 Å². The molecule has 0 saturated carbocycles. The third-order valence-electron chi connectivity index (χ3n) is 2.18. The van der Waals surface area contributed by atoms with E-state index in [0.717, 1.165) is 0 Å². The smallest absolute Gasteiger partial charge is 0.411 e. The molecule has 1 fully saturated rings. The Morgan fingerprint density at radius 2 is 2.15 bits per heavy atom. The molecule has 1 rings (SSSR count). The minimum Gasteiger partial charge on any atom is -0.453 e. The van der Waals surface area contributed by atoms with Gasteiger partial charge in [-0.05, 0) is 12.8 Å². The Kier molecular flexibility index (Phi) is 3.50. The first-order chi connectivity index (χ1) is 6.19. The predicted octanol–water partition coefficient (Wildman–Crippen LogP) is 0.182. The maximum Gasteiger partial charge on any atom is 0.411 e. The van der Waals surface area contributed by atoms with Crippen LogP contribution >= 0.6 is 0 Å². The number of β-amino-alcohol motifs (C(OH)–C–C–N with tert-alkyl or cyclic N) is 1. The van der Waals surface area contributed by atoms with E-state index in [-0.39, 0.29) is 12.8 Å². The third kappa shape index (κ3) is 2.32. The standard InChI is InChI=1S/C8H15NO4/c1-12-7-4-3-6(10)5-9(7)8(11)13-2/h6-7,10H,3-5H2,1-2H3/t6-,7?/m1/s1. The third-order valence-corrected chi connectivity index (χ3v) is 2.18. The summed E-state index contributed by atoms with van der Waals surface area (Å²) in [6.45, 7) is 0.283. The molecule has 0 aromatic rings. The van der Waals surface area contributed by atoms with Crippen molar-refractivity contribution in [2.75, 3.05) is 20.8 Å². The molecular weight excluding hydrogens is 174 g/mol. The lowest BCUT2D eigenvalue weighted by atomic mass is 10.1. The molecule has 1 N–H and O–H groups in total. The summed E-state index contributed by atoms with van der Waals surface area (Å²) in [6.07, 6.45) is 0.116. The van der Waals surface area contributed by atoms with Crippen LogP contribution in [0.5, 0.6) is 0 Å². The summed E-state index contributed by atoms with van der Waals surface area (Å²) < 4.78 is 9.66. The highest BCUT2D eigenvalue weighted by atomic mass is 16.6. The molecule has 1 heterocycles. The highest BCUT2D eigenvalue weighted by molar-refractivity contribution is 5.67. The second-order valence-electron chi connectivity index (χ2n) is 3.04. The van der Waals surface area contributed by atoms with Crippen molar-refractivity contribution in [1.82, 2.24) is 4.90 Å². The van der Waals surface area contributed by atoms with E-state index in [4.69, 9.17) is 4.74 Å². The lowest BCUT2D eigenvalue weighted by Crippen LogP contribution is -2.49. The lowest BCUT2D eigenvalue weighted by molar-refractivity contribution is -0.0758. The number of piperidine rings is 1. The number of hydrogen-bond acceptors (Lipinski definition) is 4. The van der Waals surface area contributed by atoms with Gasteiger partial charge in [0.2, 0.25) is 0 Å². The number of carbonyl (C=O) groups excluding carboxylic acids is 1. The van der Waals surface area contributed by atoms with Gasteiger partial charge in [0.15, 0.2) is 0 Å². The topological polar surface area (TPSA) is 59.0 Å². The van der Waals surface area contributed by atoms with E-state index in [2.05, 4.69) is 4.74 Å². The van der Waals surface area contributed by atoms with E-state index in [9.17, 15) is 9.90 Å². The van der Waals surface area contributed by atoms with Gasteiger partial charge in [0.1, 0.15) is 6.23 Å². The zero-order chi connectivity index (χ0) is 9.84. The molecule has 0 aliphatic carbocycles. The van der Waals surface area contributed by atoms with E-state index < -0.39 is 12.2 Å². The number of nitrogens with zero attached hydrogens (tertiary/aromatic N) is 1. The number of methoxy groups -OCH3 is 2. The summed E-state index contributed by atoms with van der Waals surface area (Å²) >= 11 is 0. The van der Waals surface area contributed by atoms with Crippen LogP contribution in [0.4, 0.5) is 4.79 Å². The van der Waals surface area contributed by atoms with Gasteiger partial charge in [-0.25, -0.2) is 4.79 Å². The van der Waals surface area contributed by atoms with Gasteiger partial charge in [-0.15, -0.1) is 0 Å². The fourth-order valence-electron chi connectivity index (χ4n) is 1.48. The molecule has 1 amide bonds. The average molecular weight is 189 g/mol. The van der Waals surface area contributed by atoms with Crippen molar-refractivity contribution < 1.29 is 19.4 Å². The molecule has 76 valence electrons. The molecule has 0 aromatic carbocycles. The number of likely N-dealkylation sites (tertiary alicyclic amines) is 1. The Labute approximate surface area is 77.2 Å². The van der Waals surface area contributed by atoms with Crippen molar-refractivity contribution in [3.63, 3.8) is 0 Å². The summed E-state index contributed by atoms with van der Waals surface area (Å²) in [4.78, 5) is 12.6. The summed E-state index contributed by atoms with van der Waals surface area (Å²) in [5, 5.41) is 9.33. The second kappa shape index (κ2) is 4.43. The van der Waals surface area contributed by atoms with Crippen molar-refractivity contribution in [1.29, 1.82) is 0 Å². The van der Waals surface area contributed by atoms with Crippen molar-refractivity contribution in [2.24, 2.45) is 0 Å². The maximum absolute atomic E-state index is 11.2. The number of amides is 1. The van der Waals surface area contributed by atoms with Gasteiger partial charge < -0.3 is 14.6 Å². The van der Waals surface area contributed by atoms with Crippen LogP contribution in [0, 0.1) is 0 Å². The van der Waals surface area contributed by atoms with E-state index in [1.807, 2.05) is 0 Å². The van der Waals surface area contributed by atoms with Crippen LogP contribution < -0.4 is 0 Å². The maximum atomic E-state index is 11.2. The number of carbonyl (C=O) groups is 1. The molecule has 0 spiro atoms. The second-order valence-corrected chi connectivity index (χ2v) is 3.04. The fraction of sp³-hybridized carbons (Fsp3) is 0.875. The summed E-state index contributed by atoms with van der Waals surface area (Å²) in [6, 6.07) is 0. The molecule has 2 atom stereocenters. The largest absolute Gasteiger partial charge is 0.453 e. The van der Waals surface area contributed by atoms with Crippen LogP contribution in [0.3, 0.4) is 0 Å². The molecule has 5 nitrogen and oxygen atoms in total. The minimum atomic E-state index is -0.467. The Hall–Kier alpha value is -0.810. The molecular formula is C8H15NO4. The number of rotatable bonds is 1. The minimum absolute atomic E-state index is 0.268. The first-order valence-corrected chi connectivity index (χ1v) is 4.24. The molecule has 0 radical (unpaired) electrons. The molecule has 13 heavy (non-hydrogen) atoms. The van der Waals surface area contributed by atoms with Gasteiger partial charge in [0.25, 0.3) is 0 Å². The molecule has 1 aliphatic heterocycles. The molecule has 1 unspecified atom stereocenters. The Balaban J connectivity index is 2.59. The number of ether oxygens (including phenoxy) is 2. The average Bonchev–Trinajstić information content (AvgIpc) is 2.16. The summed E-state index contributed by atoms with van der Waals surface area (Å²) in [5.74, 6) is 0. The molecule has 5 heteroatoms. The Bertz CT molecular complexity index is 185. The van der Waals surface area contributed by atoms with Gasteiger partial charge in [0, 0.05) is 7.11 Å². The van der Waals surface area contributed by atoms with Crippen LogP contribution in [-0.2, 0) is 9.47 Å². The quantitative estimate of drug-likeness (QED) is 0.639. The molecule has 0 bridgehead atoms. The SMILES string of the molecule is COC(=O)N1C[C@H](O)CCC1OC. The predicted molar refractivity (Wildman–Crippen MR) is 45.1 cm³/mol. The van der Waals surface area contributed by atoms with Gasteiger partial charge >= 0.3 is 6.09 Å². The van der Waals surface area contributed by atoms with Crippen LogP contribution in [-0.4, -0.2) is 49.2 Å². The monoisotopic (exact) mass is 189 g/mol. The van der Waals surface area contributed by atoms with E-state index in [1.165, 1.54) is 19.1 Å². The van der Waals surface area contributed by atoms with Crippen LogP contribution in [0.1, 0.15) is 12.8 Å². The number of hydrogen-bond donors (Lipinski definition) is 1. The van der Waals surface area contributed by atoms with Crippen molar-refractivity contribution >= 4 is 6.09 Å². The van der Waals surface area contributed by atoms with Gasteiger partial charge in [0.05, 0.1) is 19.8 Å². The fourth-order valence-corrected chi connectivity index (χ4v) is 1.48. The van der Waals surface area contributed by atoms with Crippen molar-refractivity contribution in [3.05, 3.63) is 0 Å². The summed E-state index contributed by atoms with van der Waals surface area (Å²) in [7, 11) is 2.86. The molecule has 0 aromatic heterocycles. The highest BCUT2D eigenvalue weighted by Crippen LogP contribution is 2.18. The molecule has 1 aliphatic rings. The Morgan fingerprint density at radius 3 is 2.69 bits per heavy atom. The van der Waals surface area contributed by atoms with Crippen molar-refractivity contribution in [3.8, 4) is 0 Å². The van der Waals surface area contributed by atoms with Crippen molar-refractivity contribution in [2.45, 2.75) is 25.2 Å². The zero-order valence-electron chi connectivity index (χ0n) is 7.90. The van der Waals surface area contributed by atoms with Crippen LogP contribution in [0.25, 0.3) is 0 Å². The van der Waals surface area contributed by atoms with Gasteiger partial charge in [-0.3, -0.25) is 4.90 Å². The number of aliphatic hydroxyl groups excluding tert-OH is 1. The Morgan fingerprint density at radius 1 is 1.46 bits per heavy atom. The highest BCUT2D eigenvalue weighted by Gasteiger charge is 2.31. The first kappa shape index (κ1) is 10.3. The summed E-state index contributed by atoms with van der Waals surface area (Å²) in [5.41, 5.74) is 0.